The van der Waals surface area contributed by atoms with Crippen LogP contribution in [0.5, 0.6) is 5.88 Å². The van der Waals surface area contributed by atoms with Gasteiger partial charge in [0.15, 0.2) is 5.76 Å². The van der Waals surface area contributed by atoms with Crippen LogP contribution in [-0.4, -0.2) is 26.2 Å². The molecule has 3 aromatic heterocycles. The number of nitrogens with zero attached hydrogens (tertiary/aromatic N) is 3. The Hall–Kier alpha value is -3.17. The number of pyridine rings is 1. The molecule has 3 aromatic rings. The first-order valence-corrected chi connectivity index (χ1v) is 8.09. The molecule has 0 amide bonds. The van der Waals surface area contributed by atoms with E-state index in [1.54, 1.807) is 0 Å². The number of rotatable bonds is 4. The highest BCUT2D eigenvalue weighted by atomic mass is 19.4. The van der Waals surface area contributed by atoms with Gasteiger partial charge in [-0.05, 0) is 25.0 Å². The number of hydrogen-bond donors (Lipinski definition) is 1. The van der Waals surface area contributed by atoms with Gasteiger partial charge in [0.25, 0.3) is 5.56 Å². The molecular weight excluding hydrogens is 365 g/mol. The molecular formula is C17H13F3N4O3. The van der Waals surface area contributed by atoms with Crippen molar-refractivity contribution in [2.45, 2.75) is 31.0 Å². The summed E-state index contributed by atoms with van der Waals surface area (Å²) >= 11 is 0. The normalized spacial score (nSPS) is 19.5. The van der Waals surface area contributed by atoms with E-state index < -0.39 is 11.7 Å². The number of nitrogens with one attached hydrogen (secondary N) is 1. The maximum Gasteiger partial charge on any atom is 0.417 e. The summed E-state index contributed by atoms with van der Waals surface area (Å²) in [6, 6.07) is 3.71. The number of aromatic amines is 1. The van der Waals surface area contributed by atoms with Crippen LogP contribution in [-0.2, 0) is 6.18 Å². The quantitative estimate of drug-likeness (QED) is 0.750. The molecule has 0 radical (unpaired) electrons. The molecule has 0 saturated heterocycles. The van der Waals surface area contributed by atoms with E-state index in [2.05, 4.69) is 20.1 Å². The third-order valence-corrected chi connectivity index (χ3v) is 4.32. The SMILES string of the molecule is O=c1cc(-c2cnc(OC3CC(c4ccc(C(F)(F)F)cn4)C3)cn2)o[nH]1. The molecule has 27 heavy (non-hydrogen) atoms. The predicted molar refractivity (Wildman–Crippen MR) is 86.0 cm³/mol. The molecule has 0 aliphatic heterocycles. The topological polar surface area (TPSA) is 93.9 Å². The Morgan fingerprint density at radius 1 is 1.11 bits per heavy atom. The van der Waals surface area contributed by atoms with Gasteiger partial charge in [0.1, 0.15) is 11.8 Å². The van der Waals surface area contributed by atoms with Crippen molar-refractivity contribution in [2.75, 3.05) is 0 Å². The molecule has 1 saturated carbocycles. The first-order valence-electron chi connectivity index (χ1n) is 8.09. The first kappa shape index (κ1) is 17.3. The van der Waals surface area contributed by atoms with Gasteiger partial charge in [0.05, 0.1) is 24.0 Å². The number of aromatic nitrogens is 4. The van der Waals surface area contributed by atoms with Crippen molar-refractivity contribution in [1.82, 2.24) is 20.1 Å². The minimum atomic E-state index is -4.38. The van der Waals surface area contributed by atoms with Gasteiger partial charge in [-0.3, -0.25) is 9.78 Å². The van der Waals surface area contributed by atoms with E-state index in [0.29, 0.717) is 30.1 Å². The Balaban J connectivity index is 1.33. The van der Waals surface area contributed by atoms with Crippen molar-refractivity contribution >= 4 is 0 Å². The Kier molecular flexibility index (Phi) is 4.17. The minimum Gasteiger partial charge on any atom is -0.473 e. The summed E-state index contributed by atoms with van der Waals surface area (Å²) in [5, 5.41) is 2.17. The molecule has 0 aromatic carbocycles. The van der Waals surface area contributed by atoms with E-state index in [1.807, 2.05) is 0 Å². The highest BCUT2D eigenvalue weighted by Gasteiger charge is 2.35. The van der Waals surface area contributed by atoms with Crippen molar-refractivity contribution in [3.63, 3.8) is 0 Å². The van der Waals surface area contributed by atoms with E-state index >= 15 is 0 Å². The smallest absolute Gasteiger partial charge is 0.417 e. The fourth-order valence-electron chi connectivity index (χ4n) is 2.80. The van der Waals surface area contributed by atoms with Crippen LogP contribution >= 0.6 is 0 Å². The molecule has 0 spiro atoms. The molecule has 0 atom stereocenters. The van der Waals surface area contributed by atoms with Crippen LogP contribution in [0.3, 0.4) is 0 Å². The Labute approximate surface area is 150 Å². The van der Waals surface area contributed by atoms with Gasteiger partial charge in [-0.25, -0.2) is 9.97 Å². The number of halogens is 3. The van der Waals surface area contributed by atoms with Crippen molar-refractivity contribution in [3.8, 4) is 17.3 Å². The van der Waals surface area contributed by atoms with Crippen LogP contribution in [0.1, 0.15) is 30.0 Å². The lowest BCUT2D eigenvalue weighted by molar-refractivity contribution is -0.137. The average Bonchev–Trinajstić information content (AvgIpc) is 3.04. The zero-order chi connectivity index (χ0) is 19.0. The van der Waals surface area contributed by atoms with E-state index in [-0.39, 0.29) is 23.3 Å². The molecule has 140 valence electrons. The average molecular weight is 378 g/mol. The van der Waals surface area contributed by atoms with Crippen molar-refractivity contribution in [2.24, 2.45) is 0 Å². The summed E-state index contributed by atoms with van der Waals surface area (Å²) < 4.78 is 48.3. The van der Waals surface area contributed by atoms with Crippen LogP contribution in [0.2, 0.25) is 0 Å². The number of hydrogen-bond acceptors (Lipinski definition) is 6. The standard InChI is InChI=1S/C17H13F3N4O3/c18-17(19,20)10-1-2-12(21-6-10)9-3-11(4-9)26-16-8-22-13(7-23-16)14-5-15(25)24-27-14/h1-2,5-9,11H,3-4H2,(H,24,25). The second-order valence-corrected chi connectivity index (χ2v) is 6.19. The molecule has 0 bridgehead atoms. The van der Waals surface area contributed by atoms with Gasteiger partial charge in [0.2, 0.25) is 5.88 Å². The highest BCUT2D eigenvalue weighted by Crippen LogP contribution is 2.39. The number of ether oxygens (including phenoxy) is 1. The van der Waals surface area contributed by atoms with Gasteiger partial charge in [-0.15, -0.1) is 0 Å². The summed E-state index contributed by atoms with van der Waals surface area (Å²) in [5.74, 6) is 0.648. The molecule has 1 aliphatic carbocycles. The molecule has 10 heteroatoms. The van der Waals surface area contributed by atoms with Crippen molar-refractivity contribution < 1.29 is 22.4 Å². The van der Waals surface area contributed by atoms with Crippen LogP contribution in [0, 0.1) is 0 Å². The molecule has 0 unspecified atom stereocenters. The summed E-state index contributed by atoms with van der Waals surface area (Å²) in [6.45, 7) is 0. The van der Waals surface area contributed by atoms with E-state index in [4.69, 9.17) is 9.26 Å². The van der Waals surface area contributed by atoms with Gasteiger partial charge in [0, 0.05) is 17.8 Å². The van der Waals surface area contributed by atoms with Gasteiger partial charge in [-0.2, -0.15) is 18.3 Å². The third kappa shape index (κ3) is 3.69. The molecule has 7 nitrogen and oxygen atoms in total. The van der Waals surface area contributed by atoms with Crippen LogP contribution in [0.25, 0.3) is 11.5 Å². The summed E-state index contributed by atoms with van der Waals surface area (Å²) in [7, 11) is 0. The maximum atomic E-state index is 12.6. The number of alkyl halides is 3. The summed E-state index contributed by atoms with van der Waals surface area (Å²) in [4.78, 5) is 23.2. The lowest BCUT2D eigenvalue weighted by atomic mass is 9.79. The summed E-state index contributed by atoms with van der Waals surface area (Å²) in [6.07, 6.45) is 0.478. The monoisotopic (exact) mass is 378 g/mol. The van der Waals surface area contributed by atoms with E-state index in [9.17, 15) is 18.0 Å². The Morgan fingerprint density at radius 2 is 1.93 bits per heavy atom. The lowest BCUT2D eigenvalue weighted by Crippen LogP contribution is -2.33. The Morgan fingerprint density at radius 3 is 2.48 bits per heavy atom. The number of H-pyrrole nitrogens is 1. The molecule has 1 aliphatic rings. The fraction of sp³-hybridized carbons (Fsp3) is 0.294. The Bertz CT molecular complexity index is 974. The van der Waals surface area contributed by atoms with Crippen LogP contribution < -0.4 is 10.3 Å². The molecule has 3 heterocycles. The van der Waals surface area contributed by atoms with E-state index in [1.165, 1.54) is 24.5 Å². The lowest BCUT2D eigenvalue weighted by Gasteiger charge is -2.34. The molecule has 1 N–H and O–H groups in total. The van der Waals surface area contributed by atoms with Gasteiger partial charge >= 0.3 is 6.18 Å². The van der Waals surface area contributed by atoms with E-state index in [0.717, 1.165) is 12.3 Å². The highest BCUT2D eigenvalue weighted by molar-refractivity contribution is 5.49. The zero-order valence-corrected chi connectivity index (χ0v) is 13.7. The second kappa shape index (κ2) is 6.53. The maximum absolute atomic E-state index is 12.6. The van der Waals surface area contributed by atoms with Crippen LogP contribution in [0.15, 0.2) is 46.1 Å². The van der Waals surface area contributed by atoms with Gasteiger partial charge < -0.3 is 9.26 Å². The van der Waals surface area contributed by atoms with Crippen molar-refractivity contribution in [3.05, 3.63) is 58.4 Å². The fourth-order valence-corrected chi connectivity index (χ4v) is 2.80. The largest absolute Gasteiger partial charge is 0.473 e. The molecule has 4 rings (SSSR count). The van der Waals surface area contributed by atoms with Gasteiger partial charge in [-0.1, -0.05) is 0 Å². The summed E-state index contributed by atoms with van der Waals surface area (Å²) in [5.41, 5.74) is -0.121. The van der Waals surface area contributed by atoms with Crippen molar-refractivity contribution in [1.29, 1.82) is 0 Å². The third-order valence-electron chi connectivity index (χ3n) is 4.32. The first-order chi connectivity index (χ1) is 12.9. The second-order valence-electron chi connectivity index (χ2n) is 6.19. The predicted octanol–water partition coefficient (Wildman–Crippen LogP) is 3.16. The molecule has 1 fully saturated rings. The van der Waals surface area contributed by atoms with Crippen LogP contribution in [0.4, 0.5) is 13.2 Å². The zero-order valence-electron chi connectivity index (χ0n) is 13.7. The minimum absolute atomic E-state index is 0.0543.